The molecule has 0 saturated carbocycles. The molecule has 0 atom stereocenters. The third-order valence-corrected chi connectivity index (χ3v) is 3.45. The number of nitrogens with zero attached hydrogens (tertiary/aromatic N) is 1. The average molecular weight is 352 g/mol. The van der Waals surface area contributed by atoms with Gasteiger partial charge >= 0.3 is 70.1 Å². The number of amides is 2. The van der Waals surface area contributed by atoms with Crippen LogP contribution in [-0.4, -0.2) is 23.8 Å². The van der Waals surface area contributed by atoms with Crippen molar-refractivity contribution in [1.82, 2.24) is 0 Å². The summed E-state index contributed by atoms with van der Waals surface area (Å²) < 4.78 is 4.62. The molecule has 0 bridgehead atoms. The predicted octanol–water partition coefficient (Wildman–Crippen LogP) is -1.18. The first-order chi connectivity index (χ1) is 9.58. The van der Waals surface area contributed by atoms with Gasteiger partial charge < -0.3 is 19.6 Å². The van der Waals surface area contributed by atoms with Gasteiger partial charge in [0.25, 0.3) is 0 Å². The Balaban J connectivity index is 0.00000132. The quantitative estimate of drug-likeness (QED) is 0.338. The molecule has 21 heavy (non-hydrogen) atoms. The van der Waals surface area contributed by atoms with Crippen molar-refractivity contribution in [2.45, 2.75) is 0 Å². The van der Waals surface area contributed by atoms with Crippen molar-refractivity contribution in [2.24, 2.45) is 0 Å². The molecule has 0 aromatic heterocycles. The van der Waals surface area contributed by atoms with Gasteiger partial charge in [-0.05, 0) is 12.1 Å². The van der Waals surface area contributed by atoms with Crippen LogP contribution in [0.15, 0.2) is 24.3 Å². The second-order valence-electron chi connectivity index (χ2n) is 4.47. The maximum atomic E-state index is 11.8. The molecule has 0 N–H and O–H groups in total. The molecule has 6 nitrogen and oxygen atoms in total. The minimum Gasteiger partial charge on any atom is -0.587 e. The van der Waals surface area contributed by atoms with Crippen molar-refractivity contribution < 1.29 is 82.1 Å². The van der Waals surface area contributed by atoms with Crippen LogP contribution in [0.3, 0.4) is 0 Å². The van der Waals surface area contributed by atoms with Crippen LogP contribution in [0.5, 0.6) is 0 Å². The van der Waals surface area contributed by atoms with E-state index in [1.54, 1.807) is 0 Å². The van der Waals surface area contributed by atoms with E-state index in [4.69, 9.17) is 0 Å². The normalized spacial score (nSPS) is 15.4. The van der Waals surface area contributed by atoms with E-state index >= 15 is 0 Å². The van der Waals surface area contributed by atoms with Gasteiger partial charge in [0.2, 0.25) is 0 Å². The first-order valence-electron chi connectivity index (χ1n) is 5.74. The number of imide groups is 1. The summed E-state index contributed by atoms with van der Waals surface area (Å²) in [6.45, 7) is 0. The Kier molecular flexibility index (Phi) is 3.44. The Morgan fingerprint density at radius 1 is 0.667 bits per heavy atom. The van der Waals surface area contributed by atoms with E-state index in [0.29, 0.717) is 5.39 Å². The van der Waals surface area contributed by atoms with Gasteiger partial charge in [-0.3, -0.25) is 0 Å². The van der Waals surface area contributed by atoms with Crippen molar-refractivity contribution >= 4 is 34.5 Å². The SMILES string of the molecule is O=C1[N-]C(=O)c2ccc3c4c(ccc1c24)C(=O)OC3=O.[Rb+]. The smallest absolute Gasteiger partial charge is 0.587 e. The number of hydrogen-bond acceptors (Lipinski definition) is 5. The van der Waals surface area contributed by atoms with Crippen LogP contribution < -0.4 is 58.2 Å². The zero-order valence-electron chi connectivity index (χ0n) is 10.8. The molecular formula is C14H4NO5Rb. The Hall–Kier alpha value is -1.21. The summed E-state index contributed by atoms with van der Waals surface area (Å²) in [6.07, 6.45) is 0. The molecule has 7 heteroatoms. The van der Waals surface area contributed by atoms with Gasteiger partial charge in [0.15, 0.2) is 0 Å². The largest absolute Gasteiger partial charge is 1.00 e. The van der Waals surface area contributed by atoms with E-state index in [-0.39, 0.29) is 85.8 Å². The van der Waals surface area contributed by atoms with Crippen molar-refractivity contribution in [3.05, 3.63) is 51.8 Å². The second-order valence-corrected chi connectivity index (χ2v) is 4.47. The van der Waals surface area contributed by atoms with Gasteiger partial charge in [-0.2, -0.15) is 0 Å². The van der Waals surface area contributed by atoms with Gasteiger partial charge in [-0.15, -0.1) is 0 Å². The van der Waals surface area contributed by atoms with Crippen LogP contribution in [-0.2, 0) is 4.74 Å². The standard InChI is InChI=1S/C14H5NO5.Rb/c16-11-5-1-3-7-10-8(14(19)20-13(7)18)4-2-6(9(5)10)12(17)15-11;/h1-4H,(H,15,16,17);/q;+1/p-1. The molecule has 2 aromatic rings. The van der Waals surface area contributed by atoms with Crippen molar-refractivity contribution in [2.75, 3.05) is 0 Å². The summed E-state index contributed by atoms with van der Waals surface area (Å²) in [4.78, 5) is 47.0. The van der Waals surface area contributed by atoms with E-state index < -0.39 is 23.8 Å². The molecule has 2 aliphatic heterocycles. The van der Waals surface area contributed by atoms with Gasteiger partial charge in [0.1, 0.15) is 0 Å². The molecule has 2 aromatic carbocycles. The number of cyclic esters (lactones) is 2. The molecule has 2 heterocycles. The Morgan fingerprint density at radius 3 is 1.52 bits per heavy atom. The summed E-state index contributed by atoms with van der Waals surface area (Å²) in [6, 6.07) is 5.65. The fraction of sp³-hybridized carbons (Fsp3) is 0. The minimum atomic E-state index is -0.784. The van der Waals surface area contributed by atoms with Gasteiger partial charge in [-0.1, -0.05) is 12.1 Å². The first kappa shape index (κ1) is 14.7. The van der Waals surface area contributed by atoms with Gasteiger partial charge in [0.05, 0.1) is 22.9 Å². The number of benzene rings is 2. The van der Waals surface area contributed by atoms with E-state index in [1.165, 1.54) is 24.3 Å². The maximum Gasteiger partial charge on any atom is 1.00 e. The van der Waals surface area contributed by atoms with Crippen LogP contribution in [0, 0.1) is 0 Å². The zero-order chi connectivity index (χ0) is 14.0. The Morgan fingerprint density at radius 2 is 1.05 bits per heavy atom. The summed E-state index contributed by atoms with van der Waals surface area (Å²) in [5.74, 6) is -2.91. The summed E-state index contributed by atoms with van der Waals surface area (Å²) in [5, 5.41) is 4.00. The first-order valence-corrected chi connectivity index (χ1v) is 5.74. The topological polar surface area (TPSA) is 91.6 Å². The zero-order valence-corrected chi connectivity index (χ0v) is 15.7. The fourth-order valence-electron chi connectivity index (χ4n) is 2.60. The summed E-state index contributed by atoms with van der Waals surface area (Å²) in [7, 11) is 0. The van der Waals surface area contributed by atoms with Crippen LogP contribution >= 0.6 is 0 Å². The third-order valence-electron chi connectivity index (χ3n) is 3.45. The monoisotopic (exact) mass is 351 g/mol. The third kappa shape index (κ3) is 1.90. The second kappa shape index (κ2) is 4.91. The van der Waals surface area contributed by atoms with Crippen molar-refractivity contribution in [1.29, 1.82) is 0 Å². The number of ether oxygens (including phenoxy) is 1. The minimum absolute atomic E-state index is 0. The maximum absolute atomic E-state index is 11.8. The number of carbonyl (C=O) groups is 4. The fourth-order valence-corrected chi connectivity index (χ4v) is 2.60. The average Bonchev–Trinajstić information content (AvgIpc) is 2.42. The molecule has 2 aliphatic rings. The number of carbonyl (C=O) groups excluding carboxylic acids is 4. The molecule has 0 saturated heterocycles. The van der Waals surface area contributed by atoms with E-state index in [9.17, 15) is 19.2 Å². The molecule has 0 unspecified atom stereocenters. The molecular weight excluding hydrogens is 348 g/mol. The van der Waals surface area contributed by atoms with Gasteiger partial charge in [-0.25, -0.2) is 9.59 Å². The van der Waals surface area contributed by atoms with Crippen molar-refractivity contribution in [3.63, 3.8) is 0 Å². The molecule has 0 aliphatic carbocycles. The number of rotatable bonds is 0. The van der Waals surface area contributed by atoms with Crippen LogP contribution in [0.2, 0.25) is 0 Å². The van der Waals surface area contributed by atoms with E-state index in [1.807, 2.05) is 0 Å². The van der Waals surface area contributed by atoms with E-state index in [0.717, 1.165) is 0 Å². The summed E-state index contributed by atoms with van der Waals surface area (Å²) >= 11 is 0. The Bertz CT molecular complexity index is 747. The molecule has 0 radical (unpaired) electrons. The summed E-state index contributed by atoms with van der Waals surface area (Å²) in [5.41, 5.74) is 0.760. The van der Waals surface area contributed by atoms with Crippen LogP contribution in [0.1, 0.15) is 41.4 Å². The predicted molar refractivity (Wildman–Crippen MR) is 65.7 cm³/mol. The van der Waals surface area contributed by atoms with Crippen LogP contribution in [0.4, 0.5) is 0 Å². The molecule has 96 valence electrons. The van der Waals surface area contributed by atoms with Gasteiger partial charge in [0, 0.05) is 21.9 Å². The Labute approximate surface area is 166 Å². The molecule has 0 fully saturated rings. The molecule has 4 rings (SSSR count). The molecule has 0 spiro atoms. The number of esters is 2. The molecule has 2 amide bonds. The van der Waals surface area contributed by atoms with E-state index in [2.05, 4.69) is 10.1 Å². The van der Waals surface area contributed by atoms with Crippen molar-refractivity contribution in [3.8, 4) is 0 Å². The van der Waals surface area contributed by atoms with Crippen LogP contribution in [0.25, 0.3) is 16.1 Å². The number of hydrogen-bond donors (Lipinski definition) is 0.